The van der Waals surface area contributed by atoms with Gasteiger partial charge in [0.25, 0.3) is 5.91 Å². The summed E-state index contributed by atoms with van der Waals surface area (Å²) in [6.45, 7) is 5.79. The Balaban J connectivity index is 1.84. The molecule has 0 radical (unpaired) electrons. The third-order valence-corrected chi connectivity index (χ3v) is 3.76. The molecule has 0 saturated carbocycles. The molecule has 0 aliphatic carbocycles. The Kier molecular flexibility index (Phi) is 3.30. The SMILES string of the molecule is Cc1cc(C)n(-c2ccc(C(=O)N3CCCC3)cc2)n1. The maximum atomic E-state index is 12.3. The van der Waals surface area contributed by atoms with Crippen molar-refractivity contribution in [3.8, 4) is 5.69 Å². The molecule has 2 aromatic rings. The fourth-order valence-corrected chi connectivity index (χ4v) is 2.74. The Labute approximate surface area is 119 Å². The van der Waals surface area contributed by atoms with Crippen molar-refractivity contribution in [1.82, 2.24) is 14.7 Å². The van der Waals surface area contributed by atoms with Crippen molar-refractivity contribution in [1.29, 1.82) is 0 Å². The van der Waals surface area contributed by atoms with Crippen LogP contribution in [-0.4, -0.2) is 33.7 Å². The van der Waals surface area contributed by atoms with Crippen molar-refractivity contribution in [3.63, 3.8) is 0 Å². The van der Waals surface area contributed by atoms with Gasteiger partial charge in [0, 0.05) is 24.3 Å². The van der Waals surface area contributed by atoms with E-state index in [4.69, 9.17) is 0 Å². The lowest BCUT2D eigenvalue weighted by Gasteiger charge is -2.15. The van der Waals surface area contributed by atoms with Gasteiger partial charge in [0.15, 0.2) is 0 Å². The van der Waals surface area contributed by atoms with Gasteiger partial charge in [0.1, 0.15) is 0 Å². The Morgan fingerprint density at radius 3 is 2.30 bits per heavy atom. The fourth-order valence-electron chi connectivity index (χ4n) is 2.74. The van der Waals surface area contributed by atoms with Gasteiger partial charge in [-0.1, -0.05) is 0 Å². The van der Waals surface area contributed by atoms with E-state index in [0.717, 1.165) is 48.6 Å². The van der Waals surface area contributed by atoms with Gasteiger partial charge in [-0.2, -0.15) is 5.10 Å². The van der Waals surface area contributed by atoms with Gasteiger partial charge >= 0.3 is 0 Å². The van der Waals surface area contributed by atoms with Gasteiger partial charge in [-0.15, -0.1) is 0 Å². The second kappa shape index (κ2) is 5.12. The second-order valence-corrected chi connectivity index (χ2v) is 5.39. The first-order valence-corrected chi connectivity index (χ1v) is 7.08. The van der Waals surface area contributed by atoms with Crippen LogP contribution in [-0.2, 0) is 0 Å². The first-order chi connectivity index (χ1) is 9.65. The maximum absolute atomic E-state index is 12.3. The van der Waals surface area contributed by atoms with Crippen molar-refractivity contribution in [2.24, 2.45) is 0 Å². The van der Waals surface area contributed by atoms with Gasteiger partial charge in [-0.25, -0.2) is 4.68 Å². The van der Waals surface area contributed by atoms with E-state index in [9.17, 15) is 4.79 Å². The molecule has 0 atom stereocenters. The molecule has 0 spiro atoms. The topological polar surface area (TPSA) is 38.1 Å². The number of hydrogen-bond donors (Lipinski definition) is 0. The normalized spacial score (nSPS) is 14.8. The summed E-state index contributed by atoms with van der Waals surface area (Å²) in [6, 6.07) is 9.76. The summed E-state index contributed by atoms with van der Waals surface area (Å²) in [7, 11) is 0. The van der Waals surface area contributed by atoms with E-state index < -0.39 is 0 Å². The molecule has 1 saturated heterocycles. The van der Waals surface area contributed by atoms with E-state index >= 15 is 0 Å². The summed E-state index contributed by atoms with van der Waals surface area (Å²) in [5.41, 5.74) is 3.85. The molecule has 1 fully saturated rings. The number of hydrogen-bond acceptors (Lipinski definition) is 2. The van der Waals surface area contributed by atoms with E-state index in [-0.39, 0.29) is 5.91 Å². The third kappa shape index (κ3) is 2.33. The first-order valence-electron chi connectivity index (χ1n) is 7.08. The van der Waals surface area contributed by atoms with Gasteiger partial charge in [-0.05, 0) is 57.0 Å². The van der Waals surface area contributed by atoms with Crippen LogP contribution >= 0.6 is 0 Å². The largest absolute Gasteiger partial charge is 0.339 e. The molecule has 1 amide bonds. The van der Waals surface area contributed by atoms with Crippen LogP contribution in [0.3, 0.4) is 0 Å². The maximum Gasteiger partial charge on any atom is 0.253 e. The van der Waals surface area contributed by atoms with Gasteiger partial charge < -0.3 is 4.90 Å². The summed E-state index contributed by atoms with van der Waals surface area (Å²) >= 11 is 0. The zero-order chi connectivity index (χ0) is 14.1. The smallest absolute Gasteiger partial charge is 0.253 e. The molecule has 1 aliphatic rings. The van der Waals surface area contributed by atoms with Crippen LogP contribution in [0.25, 0.3) is 5.69 Å². The molecular weight excluding hydrogens is 250 g/mol. The lowest BCUT2D eigenvalue weighted by atomic mass is 10.2. The van der Waals surface area contributed by atoms with Crippen molar-refractivity contribution in [2.45, 2.75) is 26.7 Å². The van der Waals surface area contributed by atoms with E-state index in [2.05, 4.69) is 5.10 Å². The first kappa shape index (κ1) is 12.9. The van der Waals surface area contributed by atoms with E-state index in [1.165, 1.54) is 0 Å². The summed E-state index contributed by atoms with van der Waals surface area (Å²) in [4.78, 5) is 14.2. The molecule has 0 N–H and O–H groups in total. The average molecular weight is 269 g/mol. The number of benzene rings is 1. The molecule has 0 unspecified atom stereocenters. The second-order valence-electron chi connectivity index (χ2n) is 5.39. The molecule has 3 rings (SSSR count). The summed E-state index contributed by atoms with van der Waals surface area (Å²) in [5.74, 6) is 0.141. The highest BCUT2D eigenvalue weighted by Crippen LogP contribution is 2.16. The van der Waals surface area contributed by atoms with Crippen molar-refractivity contribution >= 4 is 5.91 Å². The molecule has 2 heterocycles. The quantitative estimate of drug-likeness (QED) is 0.840. The summed E-state index contributed by atoms with van der Waals surface area (Å²) in [6.07, 6.45) is 2.24. The van der Waals surface area contributed by atoms with Crippen molar-refractivity contribution < 1.29 is 4.79 Å². The average Bonchev–Trinajstić information content (AvgIpc) is 3.08. The van der Waals surface area contributed by atoms with Crippen LogP contribution in [0.4, 0.5) is 0 Å². The van der Waals surface area contributed by atoms with E-state index in [1.54, 1.807) is 0 Å². The fraction of sp³-hybridized carbons (Fsp3) is 0.375. The van der Waals surface area contributed by atoms with E-state index in [0.29, 0.717) is 0 Å². The van der Waals surface area contributed by atoms with Gasteiger partial charge in [0.2, 0.25) is 0 Å². The molecule has 0 bridgehead atoms. The minimum absolute atomic E-state index is 0.141. The Morgan fingerprint density at radius 1 is 1.10 bits per heavy atom. The number of aryl methyl sites for hydroxylation is 2. The summed E-state index contributed by atoms with van der Waals surface area (Å²) in [5, 5.41) is 4.45. The molecule has 1 aliphatic heterocycles. The van der Waals surface area contributed by atoms with Crippen LogP contribution < -0.4 is 0 Å². The zero-order valence-electron chi connectivity index (χ0n) is 12.0. The lowest BCUT2D eigenvalue weighted by Crippen LogP contribution is -2.27. The van der Waals surface area contributed by atoms with Crippen LogP contribution in [0.1, 0.15) is 34.6 Å². The Hall–Kier alpha value is -2.10. The molecule has 1 aromatic carbocycles. The minimum Gasteiger partial charge on any atom is -0.339 e. The number of rotatable bonds is 2. The number of carbonyl (C=O) groups excluding carboxylic acids is 1. The Bertz CT molecular complexity index is 622. The lowest BCUT2D eigenvalue weighted by molar-refractivity contribution is 0.0793. The predicted molar refractivity (Wildman–Crippen MR) is 78.2 cm³/mol. The highest BCUT2D eigenvalue weighted by atomic mass is 16.2. The highest BCUT2D eigenvalue weighted by Gasteiger charge is 2.19. The number of aromatic nitrogens is 2. The molecular formula is C16H19N3O. The molecule has 4 nitrogen and oxygen atoms in total. The molecule has 4 heteroatoms. The number of carbonyl (C=O) groups is 1. The Morgan fingerprint density at radius 2 is 1.75 bits per heavy atom. The monoisotopic (exact) mass is 269 g/mol. The van der Waals surface area contributed by atoms with E-state index in [1.807, 2.05) is 53.8 Å². The summed E-state index contributed by atoms with van der Waals surface area (Å²) < 4.78 is 1.90. The number of amides is 1. The van der Waals surface area contributed by atoms with Gasteiger partial charge in [-0.3, -0.25) is 4.79 Å². The van der Waals surface area contributed by atoms with Crippen LogP contribution in [0.15, 0.2) is 30.3 Å². The zero-order valence-corrected chi connectivity index (χ0v) is 12.0. The standard InChI is InChI=1S/C16H19N3O/c1-12-11-13(2)19(17-12)15-7-5-14(6-8-15)16(20)18-9-3-4-10-18/h5-8,11H,3-4,9-10H2,1-2H3. The molecule has 1 aromatic heterocycles. The minimum atomic E-state index is 0.141. The molecule has 20 heavy (non-hydrogen) atoms. The third-order valence-electron chi connectivity index (χ3n) is 3.76. The van der Waals surface area contributed by atoms with Crippen LogP contribution in [0, 0.1) is 13.8 Å². The highest BCUT2D eigenvalue weighted by molar-refractivity contribution is 5.94. The molecule has 104 valence electrons. The van der Waals surface area contributed by atoms with Crippen molar-refractivity contribution in [3.05, 3.63) is 47.3 Å². The van der Waals surface area contributed by atoms with Crippen molar-refractivity contribution in [2.75, 3.05) is 13.1 Å². The number of likely N-dealkylation sites (tertiary alicyclic amines) is 1. The number of nitrogens with zero attached hydrogens (tertiary/aromatic N) is 3. The van der Waals surface area contributed by atoms with Gasteiger partial charge in [0.05, 0.1) is 11.4 Å². The van der Waals surface area contributed by atoms with Crippen LogP contribution in [0.5, 0.6) is 0 Å². The predicted octanol–water partition coefficient (Wildman–Crippen LogP) is 2.73. The van der Waals surface area contributed by atoms with Crippen LogP contribution in [0.2, 0.25) is 0 Å².